The molecule has 1 nitrogen and oxygen atoms in total. The quantitative estimate of drug-likeness (QED) is 0.802. The Morgan fingerprint density at radius 3 is 2.47 bits per heavy atom. The molecule has 2 unspecified atom stereocenters. The average Bonchev–Trinajstić information content (AvgIpc) is 2.28. The molecule has 1 aliphatic carbocycles. The van der Waals surface area contributed by atoms with E-state index in [2.05, 4.69) is 19.2 Å². The van der Waals surface area contributed by atoms with Gasteiger partial charge in [0.25, 0.3) is 0 Å². The number of aryl methyl sites for hydroxylation is 1. The van der Waals surface area contributed by atoms with Crippen molar-refractivity contribution >= 4 is 5.69 Å². The lowest BCUT2D eigenvalue weighted by atomic mass is 9.78. The zero-order chi connectivity index (χ0) is 12.4. The molecule has 0 heterocycles. The molecule has 1 aliphatic rings. The molecule has 2 heteroatoms. The van der Waals surface area contributed by atoms with Crippen molar-refractivity contribution in [1.29, 1.82) is 0 Å². The number of hydrogen-bond donors (Lipinski definition) is 1. The van der Waals surface area contributed by atoms with Crippen LogP contribution < -0.4 is 5.32 Å². The van der Waals surface area contributed by atoms with Gasteiger partial charge in [0.15, 0.2) is 0 Å². The third-order valence-corrected chi connectivity index (χ3v) is 4.07. The largest absolute Gasteiger partial charge is 0.381 e. The van der Waals surface area contributed by atoms with Gasteiger partial charge in [-0.1, -0.05) is 26.3 Å². The molecule has 0 bridgehead atoms. The summed E-state index contributed by atoms with van der Waals surface area (Å²) in [5.74, 6) is 1.18. The molecule has 2 atom stereocenters. The topological polar surface area (TPSA) is 12.0 Å². The van der Waals surface area contributed by atoms with E-state index in [-0.39, 0.29) is 5.82 Å². The van der Waals surface area contributed by atoms with Crippen LogP contribution in [0.15, 0.2) is 18.2 Å². The minimum atomic E-state index is -0.158. The summed E-state index contributed by atoms with van der Waals surface area (Å²) in [5.41, 5.74) is 2.08. The summed E-state index contributed by atoms with van der Waals surface area (Å²) in [7, 11) is 0. The molecule has 1 aromatic rings. The molecule has 1 aromatic carbocycles. The maximum atomic E-state index is 13.3. The summed E-state index contributed by atoms with van der Waals surface area (Å²) in [6.07, 6.45) is 3.87. The Labute approximate surface area is 103 Å². The second kappa shape index (κ2) is 5.07. The fourth-order valence-corrected chi connectivity index (χ4v) is 2.90. The molecule has 94 valence electrons. The monoisotopic (exact) mass is 235 g/mol. The Morgan fingerprint density at radius 1 is 1.18 bits per heavy atom. The molecule has 0 saturated heterocycles. The van der Waals surface area contributed by atoms with E-state index < -0.39 is 0 Å². The lowest BCUT2D eigenvalue weighted by Crippen LogP contribution is -2.37. The third-order valence-electron chi connectivity index (χ3n) is 4.07. The van der Waals surface area contributed by atoms with E-state index in [4.69, 9.17) is 0 Å². The molecule has 0 radical (unpaired) electrons. The first kappa shape index (κ1) is 12.4. The standard InChI is InChI=1S/C15H22FN/c1-10-7-8-13(16)9-14(10)17-15-11(2)5-4-6-12(15)3/h7-9,11-12,15,17H,4-6H2,1-3H3. The van der Waals surface area contributed by atoms with E-state index in [1.807, 2.05) is 13.0 Å². The van der Waals surface area contributed by atoms with Crippen molar-refractivity contribution in [3.63, 3.8) is 0 Å². The predicted octanol–water partition coefficient (Wildman–Crippen LogP) is 4.37. The number of halogens is 1. The predicted molar refractivity (Wildman–Crippen MR) is 70.7 cm³/mol. The first-order valence-corrected chi connectivity index (χ1v) is 6.60. The second-order valence-corrected chi connectivity index (χ2v) is 5.51. The first-order chi connectivity index (χ1) is 8.08. The van der Waals surface area contributed by atoms with Crippen LogP contribution in [0.5, 0.6) is 0 Å². The summed E-state index contributed by atoms with van der Waals surface area (Å²) in [6, 6.07) is 5.46. The third kappa shape index (κ3) is 2.80. The van der Waals surface area contributed by atoms with Crippen LogP contribution >= 0.6 is 0 Å². The van der Waals surface area contributed by atoms with Crippen LogP contribution in [-0.4, -0.2) is 6.04 Å². The van der Waals surface area contributed by atoms with E-state index in [1.54, 1.807) is 6.07 Å². The van der Waals surface area contributed by atoms with Gasteiger partial charge in [0.2, 0.25) is 0 Å². The summed E-state index contributed by atoms with van der Waals surface area (Å²) in [4.78, 5) is 0. The van der Waals surface area contributed by atoms with Gasteiger partial charge in [-0.2, -0.15) is 0 Å². The smallest absolute Gasteiger partial charge is 0.125 e. The molecule has 1 saturated carbocycles. The lowest BCUT2D eigenvalue weighted by molar-refractivity contribution is 0.268. The van der Waals surface area contributed by atoms with Crippen molar-refractivity contribution in [1.82, 2.24) is 0 Å². The Morgan fingerprint density at radius 2 is 1.82 bits per heavy atom. The number of anilines is 1. The highest BCUT2D eigenvalue weighted by molar-refractivity contribution is 5.51. The van der Waals surface area contributed by atoms with Gasteiger partial charge in [0, 0.05) is 11.7 Å². The van der Waals surface area contributed by atoms with Crippen LogP contribution in [-0.2, 0) is 0 Å². The number of hydrogen-bond acceptors (Lipinski definition) is 1. The lowest BCUT2D eigenvalue weighted by Gasteiger charge is -2.36. The van der Waals surface area contributed by atoms with Gasteiger partial charge in [-0.05, 0) is 49.3 Å². The van der Waals surface area contributed by atoms with Gasteiger partial charge in [-0.3, -0.25) is 0 Å². The van der Waals surface area contributed by atoms with Crippen molar-refractivity contribution < 1.29 is 4.39 Å². The van der Waals surface area contributed by atoms with Gasteiger partial charge in [-0.15, -0.1) is 0 Å². The maximum Gasteiger partial charge on any atom is 0.125 e. The molecule has 1 N–H and O–H groups in total. The van der Waals surface area contributed by atoms with E-state index in [0.29, 0.717) is 17.9 Å². The van der Waals surface area contributed by atoms with Crippen LogP contribution in [0.25, 0.3) is 0 Å². The van der Waals surface area contributed by atoms with Gasteiger partial charge < -0.3 is 5.32 Å². The minimum Gasteiger partial charge on any atom is -0.381 e. The van der Waals surface area contributed by atoms with Gasteiger partial charge in [0.1, 0.15) is 5.82 Å². The Balaban J connectivity index is 2.16. The SMILES string of the molecule is Cc1ccc(F)cc1NC1C(C)CCCC1C. The van der Waals surface area contributed by atoms with Crippen molar-refractivity contribution in [2.75, 3.05) is 5.32 Å². The number of benzene rings is 1. The second-order valence-electron chi connectivity index (χ2n) is 5.51. The van der Waals surface area contributed by atoms with Crippen LogP contribution in [0.2, 0.25) is 0 Å². The number of nitrogens with one attached hydrogen (secondary N) is 1. The zero-order valence-corrected chi connectivity index (χ0v) is 11.0. The fraction of sp³-hybridized carbons (Fsp3) is 0.600. The molecular weight excluding hydrogens is 213 g/mol. The summed E-state index contributed by atoms with van der Waals surface area (Å²) < 4.78 is 13.3. The average molecular weight is 235 g/mol. The zero-order valence-electron chi connectivity index (χ0n) is 11.0. The highest BCUT2D eigenvalue weighted by Crippen LogP contribution is 2.32. The van der Waals surface area contributed by atoms with Crippen LogP contribution in [0, 0.1) is 24.6 Å². The van der Waals surface area contributed by atoms with E-state index >= 15 is 0 Å². The first-order valence-electron chi connectivity index (χ1n) is 6.60. The van der Waals surface area contributed by atoms with Gasteiger partial charge >= 0.3 is 0 Å². The minimum absolute atomic E-state index is 0.158. The molecule has 0 spiro atoms. The molecular formula is C15H22FN. The highest BCUT2D eigenvalue weighted by atomic mass is 19.1. The molecule has 0 aromatic heterocycles. The Kier molecular flexibility index (Phi) is 3.70. The highest BCUT2D eigenvalue weighted by Gasteiger charge is 2.27. The van der Waals surface area contributed by atoms with Gasteiger partial charge in [0.05, 0.1) is 0 Å². The van der Waals surface area contributed by atoms with E-state index in [1.165, 1.54) is 25.3 Å². The van der Waals surface area contributed by atoms with E-state index in [0.717, 1.165) is 11.3 Å². The molecule has 0 amide bonds. The molecule has 0 aliphatic heterocycles. The van der Waals surface area contributed by atoms with Crippen molar-refractivity contribution in [3.05, 3.63) is 29.6 Å². The van der Waals surface area contributed by atoms with Gasteiger partial charge in [-0.25, -0.2) is 4.39 Å². The Bertz CT molecular complexity index is 379. The van der Waals surface area contributed by atoms with Crippen molar-refractivity contribution in [3.8, 4) is 0 Å². The van der Waals surface area contributed by atoms with Crippen molar-refractivity contribution in [2.45, 2.75) is 46.1 Å². The molecule has 1 fully saturated rings. The molecule has 2 rings (SSSR count). The van der Waals surface area contributed by atoms with E-state index in [9.17, 15) is 4.39 Å². The Hall–Kier alpha value is -1.05. The van der Waals surface area contributed by atoms with Crippen molar-refractivity contribution in [2.24, 2.45) is 11.8 Å². The maximum absolute atomic E-state index is 13.3. The summed E-state index contributed by atoms with van der Waals surface area (Å²) in [5, 5.41) is 3.55. The van der Waals surface area contributed by atoms with Crippen LogP contribution in [0.4, 0.5) is 10.1 Å². The summed E-state index contributed by atoms with van der Waals surface area (Å²) in [6.45, 7) is 6.61. The molecule has 17 heavy (non-hydrogen) atoms. The van der Waals surface area contributed by atoms with Crippen LogP contribution in [0.3, 0.4) is 0 Å². The number of rotatable bonds is 2. The summed E-state index contributed by atoms with van der Waals surface area (Å²) >= 11 is 0. The van der Waals surface area contributed by atoms with Crippen LogP contribution in [0.1, 0.15) is 38.7 Å². The fourth-order valence-electron chi connectivity index (χ4n) is 2.90. The normalized spacial score (nSPS) is 29.1.